The molecule has 1 aromatic rings. The Morgan fingerprint density at radius 3 is 1.93 bits per heavy atom. The number of carbonyl (C=O) groups excluding carboxylic acids is 2. The van der Waals surface area contributed by atoms with Crippen molar-refractivity contribution in [2.75, 3.05) is 91.8 Å². The molecule has 16 heteroatoms. The summed E-state index contributed by atoms with van der Waals surface area (Å²) in [6.07, 6.45) is 4.16. The molecule has 14 nitrogen and oxygen atoms in total. The van der Waals surface area contributed by atoms with E-state index >= 15 is 0 Å². The van der Waals surface area contributed by atoms with Crippen molar-refractivity contribution >= 4 is 39.3 Å². The third-order valence-corrected chi connectivity index (χ3v) is 8.85. The Hall–Kier alpha value is -2.18. The highest BCUT2D eigenvalue weighted by molar-refractivity contribution is 8.77. The Labute approximate surface area is 266 Å². The molecule has 2 rings (SSSR count). The van der Waals surface area contributed by atoms with Crippen LogP contribution >= 0.6 is 21.6 Å². The zero-order valence-corrected chi connectivity index (χ0v) is 26.6. The van der Waals surface area contributed by atoms with Gasteiger partial charge in [0.2, 0.25) is 5.91 Å². The molecule has 1 amide bonds. The topological polar surface area (TPSA) is 163 Å². The number of nitro groups is 1. The molecule has 0 aromatic heterocycles. The maximum atomic E-state index is 11.8. The molecule has 1 aromatic carbocycles. The van der Waals surface area contributed by atoms with E-state index in [0.717, 1.165) is 18.1 Å². The van der Waals surface area contributed by atoms with Crippen LogP contribution in [0.15, 0.2) is 24.3 Å². The van der Waals surface area contributed by atoms with Crippen LogP contribution < -0.4 is 10.1 Å². The third-order valence-electron chi connectivity index (χ3n) is 5.84. The Bertz CT molecular complexity index is 907. The lowest BCUT2D eigenvalue weighted by Gasteiger charge is -2.09. The monoisotopic (exact) mass is 664 g/mol. The number of rotatable bonds is 27. The molecular weight excluding hydrogens is 620 g/mol. The molecule has 1 aliphatic heterocycles. The van der Waals surface area contributed by atoms with Crippen molar-refractivity contribution in [2.45, 2.75) is 37.4 Å². The average molecular weight is 665 g/mol. The van der Waals surface area contributed by atoms with E-state index in [1.54, 1.807) is 0 Å². The van der Waals surface area contributed by atoms with Gasteiger partial charge in [-0.25, -0.2) is 4.79 Å². The van der Waals surface area contributed by atoms with E-state index in [0.29, 0.717) is 72.4 Å². The van der Waals surface area contributed by atoms with Gasteiger partial charge in [0.1, 0.15) is 5.75 Å². The lowest BCUT2D eigenvalue weighted by molar-refractivity contribution is -0.384. The SMILES string of the molecule is O=C(CCCCC1CCSS1)NCCOCCOCCOCCOCCOCCOCOC(=O)Oc1ccc([N+](=O)[O-])cc1. The highest BCUT2D eigenvalue weighted by Gasteiger charge is 2.15. The van der Waals surface area contributed by atoms with Crippen molar-refractivity contribution in [3.05, 3.63) is 34.4 Å². The minimum Gasteiger partial charge on any atom is -0.407 e. The van der Waals surface area contributed by atoms with Gasteiger partial charge in [0.15, 0.2) is 6.79 Å². The van der Waals surface area contributed by atoms with E-state index in [-0.39, 0.29) is 37.4 Å². The predicted octanol–water partition coefficient (Wildman–Crippen LogP) is 4.00. The fraction of sp³-hybridized carbons (Fsp3) is 0.714. The molecular formula is C28H44N2O12S2. The lowest BCUT2D eigenvalue weighted by Crippen LogP contribution is -2.27. The molecule has 0 spiro atoms. The van der Waals surface area contributed by atoms with E-state index in [2.05, 4.69) is 5.32 Å². The average Bonchev–Trinajstić information content (AvgIpc) is 3.54. The van der Waals surface area contributed by atoms with E-state index < -0.39 is 11.1 Å². The number of ether oxygens (including phenoxy) is 8. The highest BCUT2D eigenvalue weighted by atomic mass is 33.1. The number of benzene rings is 1. The fourth-order valence-corrected chi connectivity index (χ4v) is 6.61. The summed E-state index contributed by atoms with van der Waals surface area (Å²) in [6, 6.07) is 5.01. The van der Waals surface area contributed by atoms with Crippen LogP contribution in [0.25, 0.3) is 0 Å². The molecule has 1 unspecified atom stereocenters. The van der Waals surface area contributed by atoms with Crippen molar-refractivity contribution in [2.24, 2.45) is 0 Å². The van der Waals surface area contributed by atoms with E-state index in [9.17, 15) is 19.7 Å². The summed E-state index contributed by atoms with van der Waals surface area (Å²) < 4.78 is 41.9. The van der Waals surface area contributed by atoms with Crippen LogP contribution in [0.2, 0.25) is 0 Å². The molecule has 0 bridgehead atoms. The van der Waals surface area contributed by atoms with Gasteiger partial charge in [0.25, 0.3) is 5.69 Å². The molecule has 1 atom stereocenters. The number of nitro benzene ring substituents is 1. The lowest BCUT2D eigenvalue weighted by atomic mass is 10.1. The number of hydrogen-bond acceptors (Lipinski definition) is 14. The number of nitrogens with zero attached hydrogens (tertiary/aromatic N) is 1. The van der Waals surface area contributed by atoms with Gasteiger partial charge in [-0.15, -0.1) is 0 Å². The molecule has 44 heavy (non-hydrogen) atoms. The number of unbranched alkanes of at least 4 members (excludes halogenated alkanes) is 1. The third kappa shape index (κ3) is 20.7. The molecule has 0 saturated carbocycles. The van der Waals surface area contributed by atoms with Crippen LogP contribution in [0.1, 0.15) is 32.1 Å². The van der Waals surface area contributed by atoms with Gasteiger partial charge in [0.05, 0.1) is 77.6 Å². The Balaban J connectivity index is 1.22. The van der Waals surface area contributed by atoms with Crippen LogP contribution in [0, 0.1) is 10.1 Å². The molecule has 1 fully saturated rings. The minimum atomic E-state index is -0.988. The van der Waals surface area contributed by atoms with Crippen molar-refractivity contribution in [1.82, 2.24) is 5.32 Å². The fourth-order valence-electron chi connectivity index (χ4n) is 3.58. The summed E-state index contributed by atoms with van der Waals surface area (Å²) in [6.45, 7) is 4.62. The Morgan fingerprint density at radius 2 is 1.39 bits per heavy atom. The summed E-state index contributed by atoms with van der Waals surface area (Å²) in [5, 5.41) is 14.3. The summed E-state index contributed by atoms with van der Waals surface area (Å²) >= 11 is 0. The smallest absolute Gasteiger partial charge is 0.407 e. The van der Waals surface area contributed by atoms with Crippen LogP contribution in [-0.2, 0) is 38.0 Å². The van der Waals surface area contributed by atoms with Crippen molar-refractivity contribution in [3.63, 3.8) is 0 Å². The molecule has 0 radical (unpaired) electrons. The van der Waals surface area contributed by atoms with Crippen LogP contribution in [0.3, 0.4) is 0 Å². The van der Waals surface area contributed by atoms with E-state index in [1.807, 2.05) is 21.6 Å². The summed E-state index contributed by atoms with van der Waals surface area (Å²) in [5.41, 5.74) is -0.114. The number of non-ortho nitro benzene ring substituents is 1. The largest absolute Gasteiger partial charge is 0.515 e. The summed E-state index contributed by atoms with van der Waals surface area (Å²) in [5.74, 6) is 1.46. The van der Waals surface area contributed by atoms with Crippen molar-refractivity contribution in [1.29, 1.82) is 0 Å². The first-order valence-corrected chi connectivity index (χ1v) is 17.0. The van der Waals surface area contributed by atoms with Crippen LogP contribution in [0.5, 0.6) is 5.75 Å². The van der Waals surface area contributed by atoms with E-state index in [1.165, 1.54) is 42.9 Å². The van der Waals surface area contributed by atoms with Gasteiger partial charge in [0, 0.05) is 36.1 Å². The van der Waals surface area contributed by atoms with Crippen molar-refractivity contribution in [3.8, 4) is 5.75 Å². The number of carbonyl (C=O) groups is 2. The molecule has 1 heterocycles. The highest BCUT2D eigenvalue weighted by Crippen LogP contribution is 2.39. The minimum absolute atomic E-state index is 0.0893. The van der Waals surface area contributed by atoms with Gasteiger partial charge in [-0.1, -0.05) is 28.0 Å². The number of hydrogen-bond donors (Lipinski definition) is 1. The molecule has 0 aliphatic carbocycles. The molecule has 1 N–H and O–H groups in total. The van der Waals surface area contributed by atoms with Gasteiger partial charge < -0.3 is 43.2 Å². The quantitative estimate of drug-likeness (QED) is 0.0273. The second-order valence-electron chi connectivity index (χ2n) is 9.26. The summed E-state index contributed by atoms with van der Waals surface area (Å²) in [4.78, 5) is 33.5. The Morgan fingerprint density at radius 1 is 0.818 bits per heavy atom. The zero-order chi connectivity index (χ0) is 31.5. The molecule has 1 saturated heterocycles. The molecule has 1 aliphatic rings. The zero-order valence-electron chi connectivity index (χ0n) is 25.0. The summed E-state index contributed by atoms with van der Waals surface area (Å²) in [7, 11) is 3.95. The second-order valence-corrected chi connectivity index (χ2v) is 12.0. The predicted molar refractivity (Wildman–Crippen MR) is 165 cm³/mol. The maximum absolute atomic E-state index is 11.8. The second kappa shape index (κ2) is 26.1. The first-order valence-electron chi connectivity index (χ1n) is 14.6. The normalized spacial score (nSPS) is 14.4. The Kier molecular flexibility index (Phi) is 22.5. The van der Waals surface area contributed by atoms with E-state index in [4.69, 9.17) is 37.9 Å². The van der Waals surface area contributed by atoms with Gasteiger partial charge in [-0.2, -0.15) is 0 Å². The number of amides is 1. The molecule has 250 valence electrons. The van der Waals surface area contributed by atoms with Crippen molar-refractivity contribution < 1.29 is 52.4 Å². The first kappa shape index (κ1) is 38.0. The first-order chi connectivity index (χ1) is 21.5. The van der Waals surface area contributed by atoms with Gasteiger partial charge in [-0.3, -0.25) is 14.9 Å². The van der Waals surface area contributed by atoms with Crippen LogP contribution in [-0.4, -0.2) is 114 Å². The maximum Gasteiger partial charge on any atom is 0.515 e. The van der Waals surface area contributed by atoms with Crippen LogP contribution in [0.4, 0.5) is 10.5 Å². The van der Waals surface area contributed by atoms with Gasteiger partial charge >= 0.3 is 6.16 Å². The number of nitrogens with one attached hydrogen (secondary N) is 1. The van der Waals surface area contributed by atoms with Gasteiger partial charge in [-0.05, 0) is 31.4 Å². The standard InChI is InChI=1S/C28H44N2O12S2/c31-27(4-2-1-3-26-9-22-43-44-26)29-10-11-35-12-13-36-14-15-37-16-17-38-18-19-39-20-21-40-23-41-28(32)42-25-7-5-24(6-8-25)30(33)34/h5-8,26H,1-4,9-23H2,(H,29,31).